The van der Waals surface area contributed by atoms with Crippen molar-refractivity contribution in [1.29, 1.82) is 0 Å². The molecular weight excluding hydrogens is 277 g/mol. The number of hydrogen-bond acceptors (Lipinski definition) is 5. The zero-order valence-electron chi connectivity index (χ0n) is 9.95. The first kappa shape index (κ1) is 13.6. The van der Waals surface area contributed by atoms with E-state index in [2.05, 4.69) is 15.3 Å². The van der Waals surface area contributed by atoms with Gasteiger partial charge in [-0.2, -0.15) is 13.2 Å². The topological polar surface area (TPSA) is 63.8 Å². The number of nitrogens with one attached hydrogen (secondary N) is 1. The van der Waals surface area contributed by atoms with Crippen molar-refractivity contribution in [2.24, 2.45) is 0 Å². The molecule has 0 unspecified atom stereocenters. The number of hydrogen-bond donors (Lipinski definition) is 2. The highest BCUT2D eigenvalue weighted by molar-refractivity contribution is 7.09. The van der Waals surface area contributed by atoms with Crippen LogP contribution in [-0.2, 0) is 12.7 Å². The summed E-state index contributed by atoms with van der Waals surface area (Å²) < 4.78 is 37.6. The first-order chi connectivity index (χ1) is 8.86. The lowest BCUT2D eigenvalue weighted by molar-refractivity contribution is -0.141. The molecule has 102 valence electrons. The minimum atomic E-state index is -4.48. The van der Waals surface area contributed by atoms with Crippen molar-refractivity contribution in [2.45, 2.75) is 19.6 Å². The number of nitrogen functional groups attached to an aromatic ring is 1. The molecule has 8 heteroatoms. The van der Waals surface area contributed by atoms with Crippen LogP contribution in [0.4, 0.5) is 24.5 Å². The molecule has 0 radical (unpaired) electrons. The van der Waals surface area contributed by atoms with Crippen molar-refractivity contribution in [3.8, 4) is 0 Å². The highest BCUT2D eigenvalue weighted by atomic mass is 32.1. The molecule has 0 aromatic carbocycles. The molecule has 0 atom stereocenters. The fraction of sp³-hybridized carbons (Fsp3) is 0.273. The Labute approximate surface area is 111 Å². The minimum absolute atomic E-state index is 0.168. The van der Waals surface area contributed by atoms with Crippen LogP contribution in [0.2, 0.25) is 0 Å². The molecule has 2 aromatic rings. The third kappa shape index (κ3) is 3.34. The van der Waals surface area contributed by atoms with Crippen LogP contribution in [0.5, 0.6) is 0 Å². The molecule has 0 bridgehead atoms. The van der Waals surface area contributed by atoms with Crippen LogP contribution >= 0.6 is 11.3 Å². The maximum Gasteiger partial charge on any atom is 0.433 e. The van der Waals surface area contributed by atoms with Gasteiger partial charge in [0, 0.05) is 11.1 Å². The highest BCUT2D eigenvalue weighted by Crippen LogP contribution is 2.31. The molecule has 3 N–H and O–H groups in total. The van der Waals surface area contributed by atoms with E-state index >= 15 is 0 Å². The molecular formula is C11H11F3N4S. The zero-order chi connectivity index (χ0) is 14.0. The van der Waals surface area contributed by atoms with Crippen molar-refractivity contribution in [1.82, 2.24) is 9.97 Å². The second-order valence-corrected chi connectivity index (χ2v) is 4.83. The fourth-order valence-corrected chi connectivity index (χ4v) is 2.14. The normalized spacial score (nSPS) is 11.6. The second kappa shape index (κ2) is 5.04. The summed E-state index contributed by atoms with van der Waals surface area (Å²) in [4.78, 5) is 7.47. The van der Waals surface area contributed by atoms with Crippen molar-refractivity contribution in [3.63, 3.8) is 0 Å². The van der Waals surface area contributed by atoms with Gasteiger partial charge in [0.1, 0.15) is 10.7 Å². The Hall–Kier alpha value is -1.83. The van der Waals surface area contributed by atoms with Crippen LogP contribution in [0, 0.1) is 6.92 Å². The van der Waals surface area contributed by atoms with Gasteiger partial charge >= 0.3 is 6.18 Å². The van der Waals surface area contributed by atoms with Gasteiger partial charge in [-0.15, -0.1) is 11.3 Å². The van der Waals surface area contributed by atoms with Crippen LogP contribution in [0.3, 0.4) is 0 Å². The van der Waals surface area contributed by atoms with E-state index in [4.69, 9.17) is 5.73 Å². The van der Waals surface area contributed by atoms with Crippen molar-refractivity contribution >= 4 is 22.7 Å². The molecule has 2 aromatic heterocycles. The van der Waals surface area contributed by atoms with E-state index in [1.807, 2.05) is 12.3 Å². The van der Waals surface area contributed by atoms with E-state index in [1.54, 1.807) is 0 Å². The van der Waals surface area contributed by atoms with Crippen molar-refractivity contribution in [3.05, 3.63) is 34.0 Å². The average molecular weight is 288 g/mol. The van der Waals surface area contributed by atoms with Gasteiger partial charge in [0.05, 0.1) is 24.1 Å². The molecule has 4 nitrogen and oxygen atoms in total. The predicted octanol–water partition coefficient (Wildman–Crippen LogP) is 3.06. The van der Waals surface area contributed by atoms with Crippen LogP contribution in [0.25, 0.3) is 0 Å². The quantitative estimate of drug-likeness (QED) is 0.911. The number of rotatable bonds is 3. The third-order valence-corrected chi connectivity index (χ3v) is 3.29. The maximum atomic E-state index is 12.5. The number of aryl methyl sites for hydroxylation is 1. The van der Waals surface area contributed by atoms with E-state index in [1.165, 1.54) is 11.3 Å². The molecule has 0 saturated heterocycles. The summed E-state index contributed by atoms with van der Waals surface area (Å²) in [7, 11) is 0. The Kier molecular flexibility index (Phi) is 3.61. The maximum absolute atomic E-state index is 12.5. The van der Waals surface area contributed by atoms with Crippen molar-refractivity contribution in [2.75, 3.05) is 11.1 Å². The van der Waals surface area contributed by atoms with Crippen LogP contribution in [-0.4, -0.2) is 9.97 Å². The lowest BCUT2D eigenvalue weighted by Gasteiger charge is -2.11. The second-order valence-electron chi connectivity index (χ2n) is 3.89. The summed E-state index contributed by atoms with van der Waals surface area (Å²) >= 11 is 1.43. The Morgan fingerprint density at radius 1 is 1.42 bits per heavy atom. The van der Waals surface area contributed by atoms with E-state index < -0.39 is 11.9 Å². The average Bonchev–Trinajstić information content (AvgIpc) is 2.72. The van der Waals surface area contributed by atoms with Gasteiger partial charge in [-0.05, 0) is 13.0 Å². The molecule has 0 aliphatic heterocycles. The lowest BCUT2D eigenvalue weighted by atomic mass is 10.2. The number of nitrogens with zero attached hydrogens (tertiary/aromatic N) is 2. The molecule has 0 aliphatic rings. The SMILES string of the molecule is Cc1csc(CNc2cc(C(F)(F)F)ncc2N)n1. The van der Waals surface area contributed by atoms with Gasteiger partial charge in [-0.25, -0.2) is 9.97 Å². The molecule has 0 amide bonds. The smallest absolute Gasteiger partial charge is 0.396 e. The Bertz CT molecular complexity index is 580. The van der Waals surface area contributed by atoms with Gasteiger partial charge < -0.3 is 11.1 Å². The summed E-state index contributed by atoms with van der Waals surface area (Å²) in [6.07, 6.45) is -3.49. The molecule has 0 spiro atoms. The summed E-state index contributed by atoms with van der Waals surface area (Å²) in [6, 6.07) is 0.899. The zero-order valence-corrected chi connectivity index (χ0v) is 10.8. The summed E-state index contributed by atoms with van der Waals surface area (Å²) in [5.74, 6) is 0. The van der Waals surface area contributed by atoms with Crippen LogP contribution in [0.15, 0.2) is 17.6 Å². The number of pyridine rings is 1. The first-order valence-corrected chi connectivity index (χ1v) is 6.22. The molecule has 0 fully saturated rings. The number of alkyl halides is 3. The Morgan fingerprint density at radius 2 is 2.16 bits per heavy atom. The summed E-state index contributed by atoms with van der Waals surface area (Å²) in [6.45, 7) is 2.17. The van der Waals surface area contributed by atoms with Gasteiger partial charge in [0.25, 0.3) is 0 Å². The standard InChI is InChI=1S/C11H11F3N4S/c1-6-5-19-10(18-6)4-16-8-2-9(11(12,13)14)17-3-7(8)15/h2-3,5H,4,15H2,1H3,(H,16,17). The molecule has 0 saturated carbocycles. The van der Waals surface area contributed by atoms with E-state index in [9.17, 15) is 13.2 Å². The Balaban J connectivity index is 2.15. The van der Waals surface area contributed by atoms with Gasteiger partial charge in [-0.3, -0.25) is 0 Å². The molecule has 2 rings (SSSR count). The molecule has 19 heavy (non-hydrogen) atoms. The number of nitrogens with two attached hydrogens (primary N) is 1. The lowest BCUT2D eigenvalue weighted by Crippen LogP contribution is -2.10. The minimum Gasteiger partial charge on any atom is -0.396 e. The number of halogens is 3. The first-order valence-electron chi connectivity index (χ1n) is 5.34. The summed E-state index contributed by atoms with van der Waals surface area (Å²) in [5, 5.41) is 5.49. The fourth-order valence-electron chi connectivity index (χ4n) is 1.43. The summed E-state index contributed by atoms with van der Waals surface area (Å²) in [5.41, 5.74) is 5.87. The largest absolute Gasteiger partial charge is 0.433 e. The van der Waals surface area contributed by atoms with Crippen molar-refractivity contribution < 1.29 is 13.2 Å². The molecule has 0 aliphatic carbocycles. The monoisotopic (exact) mass is 288 g/mol. The van der Waals surface area contributed by atoms with Gasteiger partial charge in [0.15, 0.2) is 0 Å². The van der Waals surface area contributed by atoms with E-state index in [0.29, 0.717) is 6.54 Å². The third-order valence-electron chi connectivity index (χ3n) is 2.32. The van der Waals surface area contributed by atoms with E-state index in [-0.39, 0.29) is 11.4 Å². The van der Waals surface area contributed by atoms with E-state index in [0.717, 1.165) is 23.0 Å². The van der Waals surface area contributed by atoms with Crippen LogP contribution < -0.4 is 11.1 Å². The number of aromatic nitrogens is 2. The Morgan fingerprint density at radius 3 is 2.74 bits per heavy atom. The van der Waals surface area contributed by atoms with Crippen LogP contribution in [0.1, 0.15) is 16.4 Å². The van der Waals surface area contributed by atoms with Gasteiger partial charge in [0.2, 0.25) is 0 Å². The number of thiazole rings is 1. The van der Waals surface area contributed by atoms with Gasteiger partial charge in [-0.1, -0.05) is 0 Å². The highest BCUT2D eigenvalue weighted by Gasteiger charge is 2.32. The molecule has 2 heterocycles. The number of anilines is 2. The predicted molar refractivity (Wildman–Crippen MR) is 67.8 cm³/mol.